The van der Waals surface area contributed by atoms with Crippen LogP contribution in [-0.4, -0.2) is 23.3 Å². The summed E-state index contributed by atoms with van der Waals surface area (Å²) in [6, 6.07) is 5.88. The number of fused-ring (bicyclic) bond motifs is 1. The van der Waals surface area contributed by atoms with Gasteiger partial charge in [0.1, 0.15) is 0 Å². The number of nitrogens with zero attached hydrogens (tertiary/aromatic N) is 2. The van der Waals surface area contributed by atoms with Crippen LogP contribution in [0.5, 0.6) is 0 Å². The van der Waals surface area contributed by atoms with Crippen molar-refractivity contribution in [1.29, 1.82) is 0 Å². The molecule has 0 spiro atoms. The molecule has 0 bridgehead atoms. The first-order chi connectivity index (χ1) is 8.13. The Bertz CT molecular complexity index is 524. The van der Waals surface area contributed by atoms with E-state index in [2.05, 4.69) is 11.9 Å². The second kappa shape index (κ2) is 4.94. The van der Waals surface area contributed by atoms with Gasteiger partial charge in [-0.1, -0.05) is 11.6 Å². The number of ether oxygens (including phenoxy) is 1. The Morgan fingerprint density at radius 3 is 3.00 bits per heavy atom. The number of hydrogen-bond donors (Lipinski definition) is 1. The van der Waals surface area contributed by atoms with E-state index >= 15 is 0 Å². The monoisotopic (exact) mass is 253 g/mol. The number of nitrogen functional groups attached to an aromatic ring is 1. The first-order valence-corrected chi connectivity index (χ1v) is 5.93. The predicted molar refractivity (Wildman–Crippen MR) is 70.4 cm³/mol. The number of halogens is 1. The van der Waals surface area contributed by atoms with Crippen LogP contribution in [0, 0.1) is 0 Å². The van der Waals surface area contributed by atoms with Gasteiger partial charge in [0.15, 0.2) is 0 Å². The van der Waals surface area contributed by atoms with E-state index in [9.17, 15) is 0 Å². The minimum atomic E-state index is 0.251. The minimum absolute atomic E-state index is 0.251. The molecule has 0 aliphatic heterocycles. The first kappa shape index (κ1) is 12.2. The summed E-state index contributed by atoms with van der Waals surface area (Å²) in [5.41, 5.74) is 7.79. The van der Waals surface area contributed by atoms with E-state index in [0.29, 0.717) is 17.6 Å². The third kappa shape index (κ3) is 2.37. The van der Waals surface area contributed by atoms with Gasteiger partial charge in [-0.25, -0.2) is 4.98 Å². The highest BCUT2D eigenvalue weighted by molar-refractivity contribution is 6.31. The lowest BCUT2D eigenvalue weighted by atomic mass is 10.2. The molecule has 0 aliphatic rings. The summed E-state index contributed by atoms with van der Waals surface area (Å²) in [6.07, 6.45) is 0.898. The zero-order valence-electron chi connectivity index (χ0n) is 9.98. The lowest BCUT2D eigenvalue weighted by Crippen LogP contribution is -2.10. The summed E-state index contributed by atoms with van der Waals surface area (Å²) in [4.78, 5) is 4.32. The minimum Gasteiger partial charge on any atom is -0.385 e. The number of aromatic nitrogens is 2. The molecule has 1 heterocycles. The average molecular weight is 254 g/mol. The summed E-state index contributed by atoms with van der Waals surface area (Å²) >= 11 is 5.93. The van der Waals surface area contributed by atoms with Crippen LogP contribution >= 0.6 is 11.6 Å². The van der Waals surface area contributed by atoms with Gasteiger partial charge in [0.25, 0.3) is 0 Å². The van der Waals surface area contributed by atoms with Crippen LogP contribution in [0.15, 0.2) is 18.2 Å². The largest absolute Gasteiger partial charge is 0.385 e. The van der Waals surface area contributed by atoms with Crippen molar-refractivity contribution < 1.29 is 4.74 Å². The van der Waals surface area contributed by atoms with E-state index in [0.717, 1.165) is 17.5 Å². The predicted octanol–water partition coefficient (Wildman–Crippen LogP) is 2.87. The van der Waals surface area contributed by atoms with Crippen LogP contribution in [0.3, 0.4) is 0 Å². The van der Waals surface area contributed by atoms with Crippen LogP contribution < -0.4 is 5.73 Å². The molecule has 92 valence electrons. The molecule has 0 saturated heterocycles. The number of hydrogen-bond acceptors (Lipinski definition) is 3. The molecule has 5 heteroatoms. The second-order valence-electron chi connectivity index (χ2n) is 4.10. The normalized spacial score (nSPS) is 13.1. The Balaban J connectivity index is 2.42. The maximum atomic E-state index is 5.94. The SMILES string of the molecule is COCCC(C)n1c(N)nc2cc(Cl)ccc21. The number of anilines is 1. The smallest absolute Gasteiger partial charge is 0.201 e. The molecule has 1 aromatic carbocycles. The molecule has 2 rings (SSSR count). The van der Waals surface area contributed by atoms with Crippen molar-refractivity contribution >= 4 is 28.6 Å². The quantitative estimate of drug-likeness (QED) is 0.912. The zero-order chi connectivity index (χ0) is 12.4. The van der Waals surface area contributed by atoms with Crippen LogP contribution in [0.25, 0.3) is 11.0 Å². The molecule has 4 nitrogen and oxygen atoms in total. The molecule has 0 saturated carbocycles. The summed E-state index contributed by atoms with van der Waals surface area (Å²) < 4.78 is 7.10. The number of imidazole rings is 1. The van der Waals surface area contributed by atoms with E-state index in [1.807, 2.05) is 22.8 Å². The maximum Gasteiger partial charge on any atom is 0.201 e. The molecule has 0 radical (unpaired) electrons. The summed E-state index contributed by atoms with van der Waals surface area (Å²) in [5.74, 6) is 0.519. The Labute approximate surface area is 105 Å². The number of benzene rings is 1. The van der Waals surface area contributed by atoms with E-state index < -0.39 is 0 Å². The highest BCUT2D eigenvalue weighted by atomic mass is 35.5. The zero-order valence-corrected chi connectivity index (χ0v) is 10.7. The van der Waals surface area contributed by atoms with Crippen LogP contribution in [-0.2, 0) is 4.74 Å². The Kier molecular flexibility index (Phi) is 3.54. The highest BCUT2D eigenvalue weighted by Gasteiger charge is 2.13. The van der Waals surface area contributed by atoms with Crippen molar-refractivity contribution in [3.8, 4) is 0 Å². The third-order valence-corrected chi connectivity index (χ3v) is 3.09. The molecule has 0 amide bonds. The summed E-state index contributed by atoms with van der Waals surface area (Å²) in [6.45, 7) is 2.80. The number of nitrogens with two attached hydrogens (primary N) is 1. The van der Waals surface area contributed by atoms with Gasteiger partial charge in [0.05, 0.1) is 11.0 Å². The van der Waals surface area contributed by atoms with Crippen molar-refractivity contribution in [2.24, 2.45) is 0 Å². The first-order valence-electron chi connectivity index (χ1n) is 5.55. The van der Waals surface area contributed by atoms with Crippen molar-refractivity contribution in [2.45, 2.75) is 19.4 Å². The van der Waals surface area contributed by atoms with E-state index in [-0.39, 0.29) is 6.04 Å². The molecule has 1 aromatic heterocycles. The summed E-state index contributed by atoms with van der Waals surface area (Å²) in [5, 5.41) is 0.673. The van der Waals surface area contributed by atoms with Gasteiger partial charge in [-0.05, 0) is 31.5 Å². The van der Waals surface area contributed by atoms with Crippen molar-refractivity contribution in [2.75, 3.05) is 19.5 Å². The standard InChI is InChI=1S/C12H16ClN3O/c1-8(5-6-17-2)16-11-4-3-9(13)7-10(11)15-12(16)14/h3-4,7-8H,5-6H2,1-2H3,(H2,14,15). The topological polar surface area (TPSA) is 53.1 Å². The Hall–Kier alpha value is -1.26. The molecular weight excluding hydrogens is 238 g/mol. The number of methoxy groups -OCH3 is 1. The fraction of sp³-hybridized carbons (Fsp3) is 0.417. The molecule has 2 aromatic rings. The fourth-order valence-electron chi connectivity index (χ4n) is 1.97. The van der Waals surface area contributed by atoms with Gasteiger partial charge in [-0.3, -0.25) is 0 Å². The van der Waals surface area contributed by atoms with Crippen molar-refractivity contribution in [3.63, 3.8) is 0 Å². The fourth-order valence-corrected chi connectivity index (χ4v) is 2.14. The van der Waals surface area contributed by atoms with Crippen LogP contribution in [0.2, 0.25) is 5.02 Å². The van der Waals surface area contributed by atoms with Gasteiger partial charge in [0.2, 0.25) is 5.95 Å². The molecule has 0 aliphatic carbocycles. The van der Waals surface area contributed by atoms with E-state index in [1.54, 1.807) is 7.11 Å². The van der Waals surface area contributed by atoms with Gasteiger partial charge in [0, 0.05) is 24.8 Å². The summed E-state index contributed by atoms with van der Waals surface area (Å²) in [7, 11) is 1.70. The lowest BCUT2D eigenvalue weighted by Gasteiger charge is -2.15. The molecular formula is C12H16ClN3O. The molecule has 2 N–H and O–H groups in total. The van der Waals surface area contributed by atoms with Gasteiger partial charge >= 0.3 is 0 Å². The molecule has 1 unspecified atom stereocenters. The highest BCUT2D eigenvalue weighted by Crippen LogP contribution is 2.26. The lowest BCUT2D eigenvalue weighted by molar-refractivity contribution is 0.182. The van der Waals surface area contributed by atoms with Gasteiger partial charge < -0.3 is 15.0 Å². The molecule has 17 heavy (non-hydrogen) atoms. The van der Waals surface area contributed by atoms with Gasteiger partial charge in [-0.2, -0.15) is 0 Å². The van der Waals surface area contributed by atoms with Crippen molar-refractivity contribution in [3.05, 3.63) is 23.2 Å². The molecule has 0 fully saturated rings. The second-order valence-corrected chi connectivity index (χ2v) is 4.54. The van der Waals surface area contributed by atoms with Crippen LogP contribution in [0.1, 0.15) is 19.4 Å². The van der Waals surface area contributed by atoms with E-state index in [1.165, 1.54) is 0 Å². The van der Waals surface area contributed by atoms with Gasteiger partial charge in [-0.15, -0.1) is 0 Å². The van der Waals surface area contributed by atoms with E-state index in [4.69, 9.17) is 22.1 Å². The van der Waals surface area contributed by atoms with Crippen LogP contribution in [0.4, 0.5) is 5.95 Å². The number of rotatable bonds is 4. The Morgan fingerprint density at radius 2 is 2.29 bits per heavy atom. The van der Waals surface area contributed by atoms with Crippen molar-refractivity contribution in [1.82, 2.24) is 9.55 Å². The average Bonchev–Trinajstić information content (AvgIpc) is 2.61. The Morgan fingerprint density at radius 1 is 1.53 bits per heavy atom. The third-order valence-electron chi connectivity index (χ3n) is 2.86. The molecule has 1 atom stereocenters. The maximum absolute atomic E-state index is 5.94.